The van der Waals surface area contributed by atoms with E-state index in [1.54, 1.807) is 16.9 Å². The predicted octanol–water partition coefficient (Wildman–Crippen LogP) is 4.77. The van der Waals surface area contributed by atoms with Gasteiger partial charge in [-0.25, -0.2) is 0 Å². The Morgan fingerprint density at radius 3 is 2.69 bits per heavy atom. The first kappa shape index (κ1) is 10.1. The molecule has 1 radical (unpaired) electrons. The minimum Gasteiger partial charge on any atom is -0.152 e. The highest BCUT2D eigenvalue weighted by atomic mass is 32.1. The monoisotopic (exact) mass is 227 g/mol. The minimum atomic E-state index is 1.26. The normalized spacial score (nSPS) is 20.4. The molecule has 1 saturated carbocycles. The van der Waals surface area contributed by atoms with Crippen molar-refractivity contribution in [3.8, 4) is 0 Å². The molecule has 0 saturated heterocycles. The van der Waals surface area contributed by atoms with Crippen molar-refractivity contribution >= 4 is 16.9 Å². The van der Waals surface area contributed by atoms with Gasteiger partial charge in [-0.15, -0.1) is 0 Å². The summed E-state index contributed by atoms with van der Waals surface area (Å²) in [5, 5.41) is 4.32. The highest BCUT2D eigenvalue weighted by Gasteiger charge is 2.13. The van der Waals surface area contributed by atoms with E-state index < -0.39 is 0 Å². The summed E-state index contributed by atoms with van der Waals surface area (Å²) >= 11 is 1.75. The van der Waals surface area contributed by atoms with E-state index in [0.717, 1.165) is 0 Å². The zero-order chi connectivity index (χ0) is 10.8. The van der Waals surface area contributed by atoms with Crippen molar-refractivity contribution in [2.45, 2.75) is 32.1 Å². The third-order valence-corrected chi connectivity index (χ3v) is 4.04. The van der Waals surface area contributed by atoms with Crippen LogP contribution in [0.4, 0.5) is 0 Å². The lowest BCUT2D eigenvalue weighted by Gasteiger charge is -2.14. The van der Waals surface area contributed by atoms with Crippen LogP contribution in [0, 0.1) is 6.08 Å². The number of hydrogen-bond donors (Lipinski definition) is 0. The zero-order valence-electron chi connectivity index (χ0n) is 9.33. The zero-order valence-corrected chi connectivity index (χ0v) is 10.1. The number of allylic oxidation sites excluding steroid dienone is 6. The van der Waals surface area contributed by atoms with Gasteiger partial charge in [0, 0.05) is 0 Å². The third kappa shape index (κ3) is 1.92. The molecular formula is C15H15S. The summed E-state index contributed by atoms with van der Waals surface area (Å²) in [5.41, 5.74) is 5.55. The van der Waals surface area contributed by atoms with Crippen LogP contribution in [0.5, 0.6) is 0 Å². The lowest BCUT2D eigenvalue weighted by Crippen LogP contribution is -1.95. The summed E-state index contributed by atoms with van der Waals surface area (Å²) < 4.78 is 0. The first-order valence-electron chi connectivity index (χ1n) is 6.00. The Morgan fingerprint density at radius 1 is 1.06 bits per heavy atom. The van der Waals surface area contributed by atoms with E-state index in [9.17, 15) is 0 Å². The molecule has 1 aromatic rings. The van der Waals surface area contributed by atoms with Crippen molar-refractivity contribution in [3.63, 3.8) is 0 Å². The van der Waals surface area contributed by atoms with E-state index in [1.807, 2.05) is 0 Å². The van der Waals surface area contributed by atoms with Crippen LogP contribution in [0.25, 0.3) is 5.57 Å². The van der Waals surface area contributed by atoms with Crippen molar-refractivity contribution in [1.29, 1.82) is 0 Å². The second-order valence-corrected chi connectivity index (χ2v) is 5.24. The molecule has 0 N–H and O–H groups in total. The second kappa shape index (κ2) is 4.42. The van der Waals surface area contributed by atoms with Crippen LogP contribution >= 0.6 is 11.3 Å². The fourth-order valence-electron chi connectivity index (χ4n) is 2.44. The molecule has 81 valence electrons. The van der Waals surface area contributed by atoms with Gasteiger partial charge in [-0.1, -0.05) is 24.1 Å². The van der Waals surface area contributed by atoms with Gasteiger partial charge in [0.2, 0.25) is 0 Å². The average molecular weight is 227 g/mol. The number of rotatable bonds is 1. The molecule has 0 spiro atoms. The smallest absolute Gasteiger partial charge is 0.00145 e. The van der Waals surface area contributed by atoms with Crippen LogP contribution in [0.2, 0.25) is 0 Å². The summed E-state index contributed by atoms with van der Waals surface area (Å²) in [6.45, 7) is 0. The summed E-state index contributed by atoms with van der Waals surface area (Å²) in [4.78, 5) is 0. The largest absolute Gasteiger partial charge is 0.152 e. The molecule has 0 nitrogen and oxygen atoms in total. The Balaban J connectivity index is 1.89. The molecule has 16 heavy (non-hydrogen) atoms. The summed E-state index contributed by atoms with van der Waals surface area (Å²) in [5.74, 6) is 0. The molecular weight excluding hydrogens is 212 g/mol. The molecule has 1 aromatic heterocycles. The quantitative estimate of drug-likeness (QED) is 0.648. The number of hydrogen-bond acceptors (Lipinski definition) is 1. The van der Waals surface area contributed by atoms with Gasteiger partial charge in [0.1, 0.15) is 0 Å². The summed E-state index contributed by atoms with van der Waals surface area (Å²) in [6, 6.07) is 2.17. The molecule has 0 bridgehead atoms. The maximum atomic E-state index is 3.55. The van der Waals surface area contributed by atoms with E-state index in [4.69, 9.17) is 0 Å². The predicted molar refractivity (Wildman–Crippen MR) is 70.2 cm³/mol. The first-order chi connectivity index (χ1) is 7.93. The van der Waals surface area contributed by atoms with E-state index in [2.05, 4.69) is 35.1 Å². The highest BCUT2D eigenvalue weighted by molar-refractivity contribution is 7.08. The van der Waals surface area contributed by atoms with Gasteiger partial charge < -0.3 is 0 Å². The van der Waals surface area contributed by atoms with Crippen LogP contribution < -0.4 is 0 Å². The van der Waals surface area contributed by atoms with Crippen LogP contribution in [0.1, 0.15) is 37.7 Å². The fraction of sp³-hybridized carbons (Fsp3) is 0.333. The van der Waals surface area contributed by atoms with Crippen LogP contribution in [-0.2, 0) is 0 Å². The van der Waals surface area contributed by atoms with Gasteiger partial charge in [-0.2, -0.15) is 11.3 Å². The molecule has 0 aromatic carbocycles. The molecule has 3 rings (SSSR count). The standard InChI is InChI=1S/C15H15S/c1-2-4-12(5-3-1)13-6-7-14(10-13)15-8-9-16-11-15/h6-9,11H,1-5H2. The van der Waals surface area contributed by atoms with Gasteiger partial charge >= 0.3 is 0 Å². The summed E-state index contributed by atoms with van der Waals surface area (Å²) in [6.07, 6.45) is 14.7. The molecule has 2 aliphatic rings. The lowest BCUT2D eigenvalue weighted by molar-refractivity contribution is 0.596. The Hall–Kier alpha value is -1.08. The van der Waals surface area contributed by atoms with Crippen LogP contribution in [0.15, 0.2) is 40.1 Å². The van der Waals surface area contributed by atoms with E-state index in [-0.39, 0.29) is 0 Å². The molecule has 0 amide bonds. The van der Waals surface area contributed by atoms with E-state index in [1.165, 1.54) is 48.8 Å². The molecule has 1 fully saturated rings. The molecule has 0 aliphatic heterocycles. The van der Waals surface area contributed by atoms with E-state index in [0.29, 0.717) is 0 Å². The number of thiophene rings is 1. The Bertz CT molecular complexity index is 450. The Kier molecular flexibility index (Phi) is 2.79. The molecule has 0 unspecified atom stereocenters. The van der Waals surface area contributed by atoms with Crippen molar-refractivity contribution in [1.82, 2.24) is 0 Å². The summed E-state index contributed by atoms with van der Waals surface area (Å²) in [7, 11) is 0. The van der Waals surface area contributed by atoms with Gasteiger partial charge in [0.05, 0.1) is 0 Å². The molecule has 0 atom stereocenters. The topological polar surface area (TPSA) is 0 Å². The van der Waals surface area contributed by atoms with Gasteiger partial charge in [-0.3, -0.25) is 0 Å². The van der Waals surface area contributed by atoms with Gasteiger partial charge in [0.25, 0.3) is 0 Å². The van der Waals surface area contributed by atoms with Crippen LogP contribution in [-0.4, -0.2) is 0 Å². The average Bonchev–Trinajstić information content (AvgIpc) is 3.01. The Morgan fingerprint density at radius 2 is 1.94 bits per heavy atom. The Labute approximate surface area is 101 Å². The van der Waals surface area contributed by atoms with Crippen molar-refractivity contribution in [3.05, 3.63) is 51.8 Å². The first-order valence-corrected chi connectivity index (χ1v) is 6.94. The fourth-order valence-corrected chi connectivity index (χ4v) is 3.09. The maximum Gasteiger partial charge on any atom is -0.00145 e. The maximum absolute atomic E-state index is 3.55. The highest BCUT2D eigenvalue weighted by Crippen LogP contribution is 2.32. The lowest BCUT2D eigenvalue weighted by atomic mass is 9.91. The van der Waals surface area contributed by atoms with Gasteiger partial charge in [-0.05, 0) is 65.3 Å². The SMILES string of the molecule is [C]1=C(c2ccsc2)C=CC1=C1CCCCC1. The molecule has 1 heteroatoms. The molecule has 1 heterocycles. The van der Waals surface area contributed by atoms with Crippen molar-refractivity contribution in [2.24, 2.45) is 0 Å². The third-order valence-electron chi connectivity index (χ3n) is 3.36. The molecule has 2 aliphatic carbocycles. The minimum absolute atomic E-state index is 1.26. The van der Waals surface area contributed by atoms with Crippen molar-refractivity contribution < 1.29 is 0 Å². The van der Waals surface area contributed by atoms with Gasteiger partial charge in [0.15, 0.2) is 0 Å². The van der Waals surface area contributed by atoms with E-state index >= 15 is 0 Å². The van der Waals surface area contributed by atoms with Crippen LogP contribution in [0.3, 0.4) is 0 Å². The second-order valence-electron chi connectivity index (χ2n) is 4.46. The van der Waals surface area contributed by atoms with Crippen molar-refractivity contribution in [2.75, 3.05) is 0 Å².